The van der Waals surface area contributed by atoms with Crippen LogP contribution in [0.25, 0.3) is 0 Å². The van der Waals surface area contributed by atoms with Crippen LogP contribution in [0.5, 0.6) is 0 Å². The fourth-order valence-electron chi connectivity index (χ4n) is 4.52. The zero-order valence-corrected chi connectivity index (χ0v) is 20.6. The van der Waals surface area contributed by atoms with Crippen LogP contribution in [0.3, 0.4) is 0 Å². The first-order valence-corrected chi connectivity index (χ1v) is 11.9. The molecule has 31 heavy (non-hydrogen) atoms. The molecule has 0 spiro atoms. The number of rotatable bonds is 2. The first-order chi connectivity index (χ1) is 14.4. The van der Waals surface area contributed by atoms with Crippen LogP contribution in [0.1, 0.15) is 87.0 Å². The quantitative estimate of drug-likeness (QED) is 0.424. The molecule has 0 aliphatic carbocycles. The minimum atomic E-state index is -0.939. The molecule has 0 bridgehead atoms. The van der Waals surface area contributed by atoms with E-state index in [-0.39, 0.29) is 11.9 Å². The van der Waals surface area contributed by atoms with E-state index < -0.39 is 24.1 Å². The number of carbonyl (C=O) groups is 2. The highest BCUT2D eigenvalue weighted by atomic mass is 16.5. The van der Waals surface area contributed by atoms with Crippen molar-refractivity contribution in [3.8, 4) is 0 Å². The van der Waals surface area contributed by atoms with Gasteiger partial charge in [0, 0.05) is 0 Å². The number of hydrogen-bond acceptors (Lipinski definition) is 4. The Morgan fingerprint density at radius 3 is 2.29 bits per heavy atom. The molecule has 0 aromatic heterocycles. The average Bonchev–Trinajstić information content (AvgIpc) is 2.67. The van der Waals surface area contributed by atoms with Crippen molar-refractivity contribution in [3.05, 3.63) is 23.3 Å². The predicted molar refractivity (Wildman–Crippen MR) is 125 cm³/mol. The molecule has 0 aromatic rings. The number of cyclic esters (lactones) is 1. The van der Waals surface area contributed by atoms with Gasteiger partial charge in [-0.25, -0.2) is 0 Å². The summed E-state index contributed by atoms with van der Waals surface area (Å²) < 4.78 is 5.72. The fraction of sp³-hybridized carbons (Fsp3) is 0.769. The van der Waals surface area contributed by atoms with Gasteiger partial charge in [0.2, 0.25) is 0 Å². The van der Waals surface area contributed by atoms with Crippen LogP contribution in [-0.4, -0.2) is 34.4 Å². The SMILES string of the molecule is CC1=C[C@H](C)CC[C@@H](O)C(C)=C[C@H](C)C[C@@H](C)CC[C@@H]([C@@H](C)C(=O)O)OC(=O)[C@@H](C)C1. The van der Waals surface area contributed by atoms with E-state index >= 15 is 0 Å². The van der Waals surface area contributed by atoms with Crippen molar-refractivity contribution in [1.82, 2.24) is 0 Å². The molecule has 1 heterocycles. The number of carboxylic acid groups (broad SMARTS) is 1. The Balaban J connectivity index is 3.08. The first-order valence-electron chi connectivity index (χ1n) is 11.9. The molecule has 0 aromatic carbocycles. The van der Waals surface area contributed by atoms with Crippen LogP contribution >= 0.6 is 0 Å². The molecular formula is C26H44O5. The Morgan fingerprint density at radius 2 is 1.68 bits per heavy atom. The first kappa shape index (κ1) is 27.4. The molecule has 1 aliphatic heterocycles. The molecule has 7 atom stereocenters. The van der Waals surface area contributed by atoms with Crippen molar-refractivity contribution in [1.29, 1.82) is 0 Å². The smallest absolute Gasteiger partial charge is 0.309 e. The highest BCUT2D eigenvalue weighted by molar-refractivity contribution is 5.74. The van der Waals surface area contributed by atoms with Crippen LogP contribution in [0, 0.1) is 29.6 Å². The van der Waals surface area contributed by atoms with Crippen molar-refractivity contribution in [2.75, 3.05) is 0 Å². The normalized spacial score (nSPS) is 33.9. The lowest BCUT2D eigenvalue weighted by Crippen LogP contribution is -2.33. The highest BCUT2D eigenvalue weighted by Crippen LogP contribution is 2.26. The largest absolute Gasteiger partial charge is 0.481 e. The summed E-state index contributed by atoms with van der Waals surface area (Å²) in [6.07, 6.45) is 7.75. The Labute approximate surface area is 189 Å². The van der Waals surface area contributed by atoms with Crippen molar-refractivity contribution in [2.45, 2.75) is 99.2 Å². The van der Waals surface area contributed by atoms with Crippen LogP contribution in [0.2, 0.25) is 0 Å². The Hall–Kier alpha value is -1.62. The van der Waals surface area contributed by atoms with Gasteiger partial charge in [0.15, 0.2) is 0 Å². The maximum atomic E-state index is 12.7. The van der Waals surface area contributed by atoms with Crippen LogP contribution in [0.15, 0.2) is 23.3 Å². The lowest BCUT2D eigenvalue weighted by atomic mass is 9.88. The summed E-state index contributed by atoms with van der Waals surface area (Å²) >= 11 is 0. The van der Waals surface area contributed by atoms with Crippen LogP contribution in [-0.2, 0) is 14.3 Å². The maximum Gasteiger partial charge on any atom is 0.309 e. The summed E-state index contributed by atoms with van der Waals surface area (Å²) in [4.78, 5) is 24.3. The molecule has 5 heteroatoms. The lowest BCUT2D eigenvalue weighted by Gasteiger charge is -2.25. The van der Waals surface area contributed by atoms with Crippen LogP contribution in [0.4, 0.5) is 0 Å². The van der Waals surface area contributed by atoms with Crippen molar-refractivity contribution in [3.63, 3.8) is 0 Å². The second kappa shape index (κ2) is 13.0. The molecular weight excluding hydrogens is 392 g/mol. The van der Waals surface area contributed by atoms with Crippen molar-refractivity contribution >= 4 is 11.9 Å². The zero-order chi connectivity index (χ0) is 23.7. The van der Waals surface area contributed by atoms with E-state index in [2.05, 4.69) is 32.9 Å². The van der Waals surface area contributed by atoms with Gasteiger partial charge in [-0.2, -0.15) is 0 Å². The maximum absolute atomic E-state index is 12.7. The number of esters is 1. The molecule has 0 fully saturated rings. The van der Waals surface area contributed by atoms with E-state index in [1.165, 1.54) is 0 Å². The minimum absolute atomic E-state index is 0.307. The van der Waals surface area contributed by atoms with E-state index in [1.807, 2.05) is 20.8 Å². The molecule has 0 saturated carbocycles. The third-order valence-corrected chi connectivity index (χ3v) is 6.50. The number of carbonyl (C=O) groups excluding carboxylic acids is 1. The number of hydrogen-bond donors (Lipinski definition) is 2. The molecule has 0 radical (unpaired) electrons. The second-order valence-electron chi connectivity index (χ2n) is 10.1. The van der Waals surface area contributed by atoms with Gasteiger partial charge in [-0.3, -0.25) is 9.59 Å². The van der Waals surface area contributed by atoms with E-state index in [1.54, 1.807) is 6.92 Å². The van der Waals surface area contributed by atoms with E-state index in [9.17, 15) is 19.8 Å². The van der Waals surface area contributed by atoms with Crippen LogP contribution < -0.4 is 0 Å². The number of allylic oxidation sites excluding steroid dienone is 3. The summed E-state index contributed by atoms with van der Waals surface area (Å²) in [6.45, 7) is 13.9. The van der Waals surface area contributed by atoms with Gasteiger partial charge in [0.05, 0.1) is 17.9 Å². The lowest BCUT2D eigenvalue weighted by molar-refractivity contribution is -0.161. The molecule has 2 N–H and O–H groups in total. The third-order valence-electron chi connectivity index (χ3n) is 6.50. The number of aliphatic carboxylic acids is 1. The number of aliphatic hydroxyl groups is 1. The zero-order valence-electron chi connectivity index (χ0n) is 20.6. The Morgan fingerprint density at radius 1 is 1.03 bits per heavy atom. The van der Waals surface area contributed by atoms with Gasteiger partial charge in [0.25, 0.3) is 0 Å². The minimum Gasteiger partial charge on any atom is -0.481 e. The van der Waals surface area contributed by atoms with Gasteiger partial charge >= 0.3 is 11.9 Å². The van der Waals surface area contributed by atoms with E-state index in [0.717, 1.165) is 36.8 Å². The number of carboxylic acids is 1. The number of ether oxygens (including phenoxy) is 1. The van der Waals surface area contributed by atoms with E-state index in [4.69, 9.17) is 4.74 Å². The highest BCUT2D eigenvalue weighted by Gasteiger charge is 2.29. The van der Waals surface area contributed by atoms with Gasteiger partial charge < -0.3 is 14.9 Å². The summed E-state index contributed by atoms with van der Waals surface area (Å²) in [5.74, 6) is -1.33. The monoisotopic (exact) mass is 436 g/mol. The number of aliphatic hydroxyl groups excluding tert-OH is 1. The van der Waals surface area contributed by atoms with Crippen molar-refractivity contribution in [2.24, 2.45) is 29.6 Å². The molecule has 178 valence electrons. The van der Waals surface area contributed by atoms with Gasteiger partial charge in [-0.05, 0) is 82.6 Å². The van der Waals surface area contributed by atoms with Gasteiger partial charge in [-0.1, -0.05) is 45.4 Å². The predicted octanol–water partition coefficient (Wildman–Crippen LogP) is 5.77. The molecule has 0 amide bonds. The summed E-state index contributed by atoms with van der Waals surface area (Å²) in [5, 5.41) is 20.0. The van der Waals surface area contributed by atoms with Gasteiger partial charge in [-0.15, -0.1) is 0 Å². The van der Waals surface area contributed by atoms with E-state index in [0.29, 0.717) is 30.6 Å². The molecule has 1 aliphatic rings. The van der Waals surface area contributed by atoms with Gasteiger partial charge in [0.1, 0.15) is 6.10 Å². The second-order valence-corrected chi connectivity index (χ2v) is 10.1. The standard InChI is InChI=1S/C26H44O5/c1-16-8-10-23(27)20(5)14-18(3)13-17(2)9-11-24(22(7)25(28)29)31-26(30)21(6)15-19(4)12-16/h12,14,16-18,21-24,27H,8-11,13,15H2,1-7H3,(H,28,29)/t16-,17+,18-,21+,22-,23-,24+/m1/s1. The molecule has 5 nitrogen and oxygen atoms in total. The molecule has 0 unspecified atom stereocenters. The summed E-state index contributed by atoms with van der Waals surface area (Å²) in [7, 11) is 0. The molecule has 1 rings (SSSR count). The average molecular weight is 437 g/mol. The Kier molecular flexibility index (Phi) is 11.5. The van der Waals surface area contributed by atoms with Crippen molar-refractivity contribution < 1.29 is 24.5 Å². The third kappa shape index (κ3) is 10.0. The summed E-state index contributed by atoms with van der Waals surface area (Å²) in [5.41, 5.74) is 2.14. The molecule has 0 saturated heterocycles. The Bertz CT molecular complexity index is 650. The fourth-order valence-corrected chi connectivity index (χ4v) is 4.52. The topological polar surface area (TPSA) is 83.8 Å². The summed E-state index contributed by atoms with van der Waals surface area (Å²) in [6, 6.07) is 0.